The molecule has 0 N–H and O–H groups in total. The molecule has 0 spiro atoms. The van der Waals surface area contributed by atoms with Gasteiger partial charge in [-0.3, -0.25) is 4.79 Å². The van der Waals surface area contributed by atoms with E-state index in [9.17, 15) is 9.59 Å². The normalized spacial score (nSPS) is 22.8. The van der Waals surface area contributed by atoms with Gasteiger partial charge in [0.2, 0.25) is 0 Å². The van der Waals surface area contributed by atoms with Crippen LogP contribution in [0.25, 0.3) is 0 Å². The molecule has 1 aliphatic heterocycles. The first-order valence-electron chi connectivity index (χ1n) is 5.28. The van der Waals surface area contributed by atoms with Crippen molar-refractivity contribution < 1.29 is 14.4 Å². The highest BCUT2D eigenvalue weighted by molar-refractivity contribution is 5.79. The largest absolute Gasteiger partial charge is 0.367 e. The van der Waals surface area contributed by atoms with E-state index in [0.717, 1.165) is 6.42 Å². The van der Waals surface area contributed by atoms with Crippen LogP contribution in [0.5, 0.6) is 0 Å². The van der Waals surface area contributed by atoms with Crippen molar-refractivity contribution in [2.24, 2.45) is 11.3 Å². The van der Waals surface area contributed by atoms with Crippen LogP contribution >= 0.6 is 0 Å². The molecule has 4 heteroatoms. The first-order valence-corrected chi connectivity index (χ1v) is 5.28. The van der Waals surface area contributed by atoms with Gasteiger partial charge in [0.05, 0.1) is 5.41 Å². The summed E-state index contributed by atoms with van der Waals surface area (Å²) >= 11 is 0. The average molecular weight is 213 g/mol. The van der Waals surface area contributed by atoms with Crippen molar-refractivity contribution in [3.8, 4) is 0 Å². The van der Waals surface area contributed by atoms with Gasteiger partial charge in [0.1, 0.15) is 5.78 Å². The lowest BCUT2D eigenvalue weighted by Crippen LogP contribution is -2.32. The van der Waals surface area contributed by atoms with Crippen LogP contribution < -0.4 is 0 Å². The number of Topliss-reactive ketones (excluding diaryl/α,β-unsaturated/α-hetero) is 1. The zero-order valence-corrected chi connectivity index (χ0v) is 9.87. The summed E-state index contributed by atoms with van der Waals surface area (Å²) in [5.41, 5.74) is -0.492. The average Bonchev–Trinajstić information content (AvgIpc) is 2.50. The van der Waals surface area contributed by atoms with Crippen molar-refractivity contribution in [1.29, 1.82) is 0 Å². The highest BCUT2D eigenvalue weighted by atomic mass is 16.7. The second kappa shape index (κ2) is 4.31. The summed E-state index contributed by atoms with van der Waals surface area (Å²) in [5.74, 6) is -0.0474. The van der Waals surface area contributed by atoms with Gasteiger partial charge in [0.25, 0.3) is 0 Å². The van der Waals surface area contributed by atoms with E-state index in [2.05, 4.69) is 0 Å². The number of nitrogens with zero attached hydrogens (tertiary/aromatic N) is 1. The van der Waals surface area contributed by atoms with Crippen molar-refractivity contribution in [1.82, 2.24) is 5.06 Å². The standard InChI is InChI=1S/C11H19NO3/c1-8(13)9-5-6-12(7-9)15-10(14)11(2,3)4/h9H,5-7H2,1-4H3/t9-/m0/s1. The molecule has 1 fully saturated rings. The maximum absolute atomic E-state index is 11.5. The molecule has 0 unspecified atom stereocenters. The number of ketones is 1. The first-order chi connectivity index (χ1) is 6.80. The monoisotopic (exact) mass is 213 g/mol. The molecule has 0 saturated carbocycles. The third kappa shape index (κ3) is 3.30. The number of carbonyl (C=O) groups is 2. The van der Waals surface area contributed by atoms with Crippen LogP contribution in [0.15, 0.2) is 0 Å². The predicted molar refractivity (Wildman–Crippen MR) is 55.9 cm³/mol. The highest BCUT2D eigenvalue weighted by Gasteiger charge is 2.31. The summed E-state index contributed by atoms with van der Waals surface area (Å²) in [6.07, 6.45) is 0.784. The number of hydrogen-bond donors (Lipinski definition) is 0. The molecule has 4 nitrogen and oxygen atoms in total. The minimum Gasteiger partial charge on any atom is -0.367 e. The highest BCUT2D eigenvalue weighted by Crippen LogP contribution is 2.21. The van der Waals surface area contributed by atoms with Crippen molar-refractivity contribution >= 4 is 11.8 Å². The van der Waals surface area contributed by atoms with E-state index < -0.39 is 5.41 Å². The Bertz CT molecular complexity index is 267. The number of hydrogen-bond acceptors (Lipinski definition) is 4. The molecular weight excluding hydrogens is 194 g/mol. The molecule has 0 aliphatic carbocycles. The molecule has 0 aromatic heterocycles. The zero-order chi connectivity index (χ0) is 11.6. The van der Waals surface area contributed by atoms with E-state index in [1.54, 1.807) is 12.0 Å². The Morgan fingerprint density at radius 1 is 1.33 bits per heavy atom. The molecule has 1 aliphatic rings. The van der Waals surface area contributed by atoms with E-state index in [1.165, 1.54) is 0 Å². The van der Waals surface area contributed by atoms with Gasteiger partial charge in [-0.25, -0.2) is 4.79 Å². The van der Waals surface area contributed by atoms with Gasteiger partial charge in [-0.15, -0.1) is 5.06 Å². The fourth-order valence-corrected chi connectivity index (χ4v) is 1.40. The third-order valence-electron chi connectivity index (χ3n) is 2.55. The minimum absolute atomic E-state index is 0.0257. The third-order valence-corrected chi connectivity index (χ3v) is 2.55. The Kier molecular flexibility index (Phi) is 3.50. The van der Waals surface area contributed by atoms with Gasteiger partial charge in [0, 0.05) is 19.0 Å². The van der Waals surface area contributed by atoms with Gasteiger partial charge in [-0.05, 0) is 34.1 Å². The number of rotatable bonds is 2. The molecule has 86 valence electrons. The minimum atomic E-state index is -0.492. The van der Waals surface area contributed by atoms with E-state index in [-0.39, 0.29) is 17.7 Å². The van der Waals surface area contributed by atoms with Gasteiger partial charge in [0.15, 0.2) is 0 Å². The summed E-state index contributed by atoms with van der Waals surface area (Å²) in [6.45, 7) is 8.22. The second-order valence-electron chi connectivity index (χ2n) is 5.11. The fraction of sp³-hybridized carbons (Fsp3) is 0.818. The van der Waals surface area contributed by atoms with Gasteiger partial charge < -0.3 is 4.84 Å². The topological polar surface area (TPSA) is 46.6 Å². The molecule has 1 heterocycles. The lowest BCUT2D eigenvalue weighted by molar-refractivity contribution is -0.196. The Labute approximate surface area is 90.5 Å². The maximum atomic E-state index is 11.5. The van der Waals surface area contributed by atoms with E-state index in [1.807, 2.05) is 20.8 Å². The van der Waals surface area contributed by atoms with Gasteiger partial charge in [-0.1, -0.05) is 0 Å². The molecule has 0 aromatic rings. The summed E-state index contributed by atoms with van der Waals surface area (Å²) in [5, 5.41) is 1.60. The van der Waals surface area contributed by atoms with E-state index >= 15 is 0 Å². The Balaban J connectivity index is 2.43. The van der Waals surface area contributed by atoms with E-state index in [0.29, 0.717) is 13.1 Å². The number of hydroxylamine groups is 2. The first kappa shape index (κ1) is 12.2. The van der Waals surface area contributed by atoms with Crippen LogP contribution in [-0.2, 0) is 14.4 Å². The fourth-order valence-electron chi connectivity index (χ4n) is 1.40. The lowest BCUT2D eigenvalue weighted by Gasteiger charge is -2.21. The van der Waals surface area contributed by atoms with Crippen LogP contribution in [0.4, 0.5) is 0 Å². The van der Waals surface area contributed by atoms with Crippen molar-refractivity contribution in [2.45, 2.75) is 34.1 Å². The summed E-state index contributed by atoms with van der Waals surface area (Å²) < 4.78 is 0. The van der Waals surface area contributed by atoms with Gasteiger partial charge >= 0.3 is 5.97 Å². The summed E-state index contributed by atoms with van der Waals surface area (Å²) in [4.78, 5) is 27.9. The second-order valence-corrected chi connectivity index (χ2v) is 5.11. The van der Waals surface area contributed by atoms with Crippen LogP contribution in [0.1, 0.15) is 34.1 Å². The molecule has 0 amide bonds. The summed E-state index contributed by atoms with van der Waals surface area (Å²) in [7, 11) is 0. The van der Waals surface area contributed by atoms with E-state index in [4.69, 9.17) is 4.84 Å². The van der Waals surface area contributed by atoms with Crippen molar-refractivity contribution in [3.63, 3.8) is 0 Å². The summed E-state index contributed by atoms with van der Waals surface area (Å²) in [6, 6.07) is 0. The molecular formula is C11H19NO3. The van der Waals surface area contributed by atoms with Crippen LogP contribution in [0, 0.1) is 11.3 Å². The molecule has 1 saturated heterocycles. The molecule has 1 rings (SSSR count). The maximum Gasteiger partial charge on any atom is 0.330 e. The smallest absolute Gasteiger partial charge is 0.330 e. The SMILES string of the molecule is CC(=O)[C@H]1CCN(OC(=O)C(C)(C)C)C1. The number of carbonyl (C=O) groups excluding carboxylic acids is 2. The van der Waals surface area contributed by atoms with Crippen molar-refractivity contribution in [2.75, 3.05) is 13.1 Å². The Morgan fingerprint density at radius 3 is 2.33 bits per heavy atom. The molecule has 1 atom stereocenters. The Morgan fingerprint density at radius 2 is 1.93 bits per heavy atom. The molecule has 0 bridgehead atoms. The van der Waals surface area contributed by atoms with Crippen LogP contribution in [0.3, 0.4) is 0 Å². The lowest BCUT2D eigenvalue weighted by atomic mass is 9.98. The quantitative estimate of drug-likeness (QED) is 0.695. The molecule has 0 aromatic carbocycles. The molecule has 15 heavy (non-hydrogen) atoms. The predicted octanol–water partition coefficient (Wildman–Crippen LogP) is 1.40. The van der Waals surface area contributed by atoms with Crippen LogP contribution in [0.2, 0.25) is 0 Å². The van der Waals surface area contributed by atoms with Gasteiger partial charge in [-0.2, -0.15) is 0 Å². The van der Waals surface area contributed by atoms with Crippen LogP contribution in [-0.4, -0.2) is 29.9 Å². The molecule has 0 radical (unpaired) electrons. The Hall–Kier alpha value is -0.900. The zero-order valence-electron chi connectivity index (χ0n) is 9.87. The van der Waals surface area contributed by atoms with Crippen molar-refractivity contribution in [3.05, 3.63) is 0 Å².